The van der Waals surface area contributed by atoms with E-state index in [2.05, 4.69) is 67.7 Å². The van der Waals surface area contributed by atoms with Crippen LogP contribution in [0.5, 0.6) is 0 Å². The first-order chi connectivity index (χ1) is 13.9. The molecule has 0 atom stereocenters. The van der Waals surface area contributed by atoms with Crippen LogP contribution in [-0.4, -0.2) is 56.3 Å². The quantitative estimate of drug-likeness (QED) is 0.581. The van der Waals surface area contributed by atoms with Crippen LogP contribution in [0.1, 0.15) is 28.0 Å². The molecule has 1 aliphatic heterocycles. The van der Waals surface area contributed by atoms with E-state index in [1.165, 1.54) is 60.7 Å². The number of nitrogens with zero attached hydrogens (tertiary/aromatic N) is 1. The van der Waals surface area contributed by atoms with Crippen LogP contribution >= 0.6 is 23.6 Å². The summed E-state index contributed by atoms with van der Waals surface area (Å²) in [5.74, 6) is 0. The van der Waals surface area contributed by atoms with Gasteiger partial charge in [-0.3, -0.25) is 0 Å². The molecule has 158 valence electrons. The number of aryl methyl sites for hydroxylation is 3. The Hall–Kier alpha value is -1.47. The molecule has 0 spiro atoms. The number of nitrogens with one attached hydrogen (secondary N) is 3. The molecule has 29 heavy (non-hydrogen) atoms. The molecular formula is C23H36N4S2+2. The Kier molecular flexibility index (Phi) is 8.07. The zero-order chi connectivity index (χ0) is 20.8. The molecule has 1 saturated heterocycles. The minimum Gasteiger partial charge on any atom is -0.344 e. The van der Waals surface area contributed by atoms with Crippen molar-refractivity contribution in [3.8, 4) is 0 Å². The van der Waals surface area contributed by atoms with Crippen molar-refractivity contribution in [2.24, 2.45) is 0 Å². The highest BCUT2D eigenvalue weighted by Gasteiger charge is 2.20. The summed E-state index contributed by atoms with van der Waals surface area (Å²) in [6.07, 6.45) is 1.17. The summed E-state index contributed by atoms with van der Waals surface area (Å²) in [6.45, 7) is 14.8. The van der Waals surface area contributed by atoms with Crippen LogP contribution in [0.25, 0.3) is 0 Å². The van der Waals surface area contributed by atoms with Gasteiger partial charge in [-0.05, 0) is 55.6 Å². The van der Waals surface area contributed by atoms with Gasteiger partial charge < -0.3 is 20.0 Å². The fourth-order valence-corrected chi connectivity index (χ4v) is 5.18. The van der Waals surface area contributed by atoms with Gasteiger partial charge in [-0.15, -0.1) is 11.3 Å². The van der Waals surface area contributed by atoms with Gasteiger partial charge in [0, 0.05) is 23.5 Å². The average Bonchev–Trinajstić information content (AvgIpc) is 3.18. The van der Waals surface area contributed by atoms with Gasteiger partial charge in [-0.25, -0.2) is 0 Å². The van der Waals surface area contributed by atoms with Crippen LogP contribution in [0.3, 0.4) is 0 Å². The van der Waals surface area contributed by atoms with E-state index in [1.54, 1.807) is 9.80 Å². The average molecular weight is 433 g/mol. The van der Waals surface area contributed by atoms with E-state index in [0.29, 0.717) is 0 Å². The molecule has 2 heterocycles. The monoisotopic (exact) mass is 432 g/mol. The van der Waals surface area contributed by atoms with Crippen molar-refractivity contribution in [2.75, 3.05) is 51.6 Å². The number of thiophene rings is 1. The van der Waals surface area contributed by atoms with E-state index in [4.69, 9.17) is 12.2 Å². The van der Waals surface area contributed by atoms with Gasteiger partial charge in [-0.1, -0.05) is 23.8 Å². The topological polar surface area (TPSA) is 24.2 Å². The lowest BCUT2D eigenvalue weighted by molar-refractivity contribution is -1.00. The molecule has 3 N–H and O–H groups in total. The van der Waals surface area contributed by atoms with Gasteiger partial charge in [0.1, 0.15) is 26.2 Å². The van der Waals surface area contributed by atoms with Crippen LogP contribution in [0.4, 0.5) is 5.69 Å². The molecule has 0 radical (unpaired) electrons. The van der Waals surface area contributed by atoms with Crippen LogP contribution in [-0.2, 0) is 6.54 Å². The molecule has 4 nitrogen and oxygen atoms in total. The van der Waals surface area contributed by atoms with Crippen molar-refractivity contribution < 1.29 is 9.80 Å². The highest BCUT2D eigenvalue weighted by Crippen LogP contribution is 2.23. The van der Waals surface area contributed by atoms with Crippen LogP contribution < -0.4 is 15.1 Å². The third-order valence-corrected chi connectivity index (χ3v) is 7.11. The maximum absolute atomic E-state index is 5.88. The van der Waals surface area contributed by atoms with E-state index in [9.17, 15) is 0 Å². The fourth-order valence-electron chi connectivity index (χ4n) is 4.21. The Balaban J connectivity index is 1.62. The standard InChI is InChI=1S/C23H34N4S2/c1-18-15-19(2)22(20(3)16-18)24-23(28)27(17-21-7-5-14-29-21)9-6-8-26-12-10-25(4)11-13-26/h5,7,14-16H,6,8-13,17H2,1-4H3,(H,24,28)/p+2. The number of hydrogen-bond acceptors (Lipinski definition) is 2. The maximum atomic E-state index is 5.88. The predicted molar refractivity (Wildman–Crippen MR) is 128 cm³/mol. The number of benzene rings is 1. The van der Waals surface area contributed by atoms with E-state index in [-0.39, 0.29) is 0 Å². The molecule has 0 unspecified atom stereocenters. The second kappa shape index (κ2) is 10.5. The smallest absolute Gasteiger partial charge is 0.173 e. The Bertz CT molecular complexity index is 772. The molecule has 3 rings (SSSR count). The van der Waals surface area contributed by atoms with Crippen molar-refractivity contribution in [3.63, 3.8) is 0 Å². The molecule has 0 aliphatic carbocycles. The molecule has 1 fully saturated rings. The lowest BCUT2D eigenvalue weighted by Gasteiger charge is -2.29. The van der Waals surface area contributed by atoms with Crippen molar-refractivity contribution >= 4 is 34.4 Å². The lowest BCUT2D eigenvalue weighted by atomic mass is 10.1. The highest BCUT2D eigenvalue weighted by atomic mass is 32.1. The number of hydrogen-bond donors (Lipinski definition) is 3. The Morgan fingerprint density at radius 1 is 1.14 bits per heavy atom. The molecule has 1 aromatic carbocycles. The minimum absolute atomic E-state index is 0.839. The maximum Gasteiger partial charge on any atom is 0.173 e. The molecule has 6 heteroatoms. The summed E-state index contributed by atoms with van der Waals surface area (Å²) in [6, 6.07) is 8.78. The number of rotatable bonds is 7. The largest absolute Gasteiger partial charge is 0.344 e. The Morgan fingerprint density at radius 3 is 2.45 bits per heavy atom. The zero-order valence-corrected chi connectivity index (χ0v) is 19.9. The summed E-state index contributed by atoms with van der Waals surface area (Å²) in [5.41, 5.74) is 4.96. The molecule has 0 amide bonds. The lowest BCUT2D eigenvalue weighted by Crippen LogP contribution is -3.27. The molecular weight excluding hydrogens is 396 g/mol. The second-order valence-electron chi connectivity index (χ2n) is 8.52. The molecule has 1 aliphatic rings. The van der Waals surface area contributed by atoms with Crippen molar-refractivity contribution in [1.29, 1.82) is 0 Å². The van der Waals surface area contributed by atoms with Crippen LogP contribution in [0.2, 0.25) is 0 Å². The zero-order valence-electron chi connectivity index (χ0n) is 18.3. The number of thiocarbonyl (C=S) groups is 1. The minimum atomic E-state index is 0.839. The van der Waals surface area contributed by atoms with E-state index >= 15 is 0 Å². The summed E-state index contributed by atoms with van der Waals surface area (Å²) in [5, 5.41) is 6.55. The van der Waals surface area contributed by atoms with Gasteiger partial charge in [0.15, 0.2) is 5.11 Å². The summed E-state index contributed by atoms with van der Waals surface area (Å²) in [7, 11) is 2.30. The number of likely N-dealkylation sites (N-methyl/N-ethyl adjacent to an activating group) is 1. The van der Waals surface area contributed by atoms with E-state index in [1.807, 2.05) is 11.3 Å². The fraction of sp³-hybridized carbons (Fsp3) is 0.522. The van der Waals surface area contributed by atoms with Crippen LogP contribution in [0, 0.1) is 20.8 Å². The van der Waals surface area contributed by atoms with Gasteiger partial charge in [-0.2, -0.15) is 0 Å². The molecule has 0 saturated carbocycles. The van der Waals surface area contributed by atoms with Gasteiger partial charge in [0.2, 0.25) is 0 Å². The number of quaternary nitrogens is 2. The first-order valence-electron chi connectivity index (χ1n) is 10.7. The van der Waals surface area contributed by atoms with E-state index in [0.717, 1.165) is 23.9 Å². The van der Waals surface area contributed by atoms with E-state index < -0.39 is 0 Å². The summed E-state index contributed by atoms with van der Waals surface area (Å²) >= 11 is 7.69. The van der Waals surface area contributed by atoms with Crippen molar-refractivity contribution in [3.05, 3.63) is 51.2 Å². The van der Waals surface area contributed by atoms with Gasteiger partial charge >= 0.3 is 0 Å². The number of anilines is 1. The summed E-state index contributed by atoms with van der Waals surface area (Å²) < 4.78 is 0. The van der Waals surface area contributed by atoms with Crippen LogP contribution in [0.15, 0.2) is 29.6 Å². The third kappa shape index (κ3) is 6.51. The molecule has 1 aromatic heterocycles. The molecule has 0 bridgehead atoms. The first-order valence-corrected chi connectivity index (χ1v) is 12.0. The van der Waals surface area contributed by atoms with Crippen molar-refractivity contribution in [2.45, 2.75) is 33.7 Å². The first kappa shape index (κ1) is 22.2. The Morgan fingerprint density at radius 2 is 1.83 bits per heavy atom. The third-order valence-electron chi connectivity index (χ3n) is 5.89. The van der Waals surface area contributed by atoms with Gasteiger partial charge in [0.05, 0.1) is 20.1 Å². The highest BCUT2D eigenvalue weighted by molar-refractivity contribution is 7.80. The number of piperazine rings is 1. The SMILES string of the molecule is Cc1cc(C)c(NC(=S)N(CCC[NH+]2CC[NH+](C)CC2)Cc2cccs2)c(C)c1. The van der Waals surface area contributed by atoms with Crippen molar-refractivity contribution in [1.82, 2.24) is 4.90 Å². The molecule has 2 aromatic rings. The summed E-state index contributed by atoms with van der Waals surface area (Å²) in [4.78, 5) is 7.13. The van der Waals surface area contributed by atoms with Gasteiger partial charge in [0.25, 0.3) is 0 Å². The normalized spacial score (nSPS) is 19.2. The predicted octanol–water partition coefficient (Wildman–Crippen LogP) is 1.68. The second-order valence-corrected chi connectivity index (χ2v) is 9.93. The Labute approximate surface area is 185 Å².